The van der Waals surface area contributed by atoms with Gasteiger partial charge in [-0.3, -0.25) is 14.6 Å². The Balaban J connectivity index is 0.00000480. The van der Waals surface area contributed by atoms with Crippen molar-refractivity contribution in [2.24, 2.45) is 4.99 Å². The van der Waals surface area contributed by atoms with E-state index in [0.717, 1.165) is 45.3 Å². The second kappa shape index (κ2) is 15.0. The van der Waals surface area contributed by atoms with Crippen molar-refractivity contribution in [3.63, 3.8) is 0 Å². The normalized spacial score (nSPS) is 14.5. The summed E-state index contributed by atoms with van der Waals surface area (Å²) in [5, 5.41) is 9.11. The first-order valence-electron chi connectivity index (χ1n) is 10.9. The fourth-order valence-corrected chi connectivity index (χ4v) is 3.26. The first kappa shape index (κ1) is 27.1. The van der Waals surface area contributed by atoms with Crippen LogP contribution in [0, 0.1) is 12.7 Å². The zero-order valence-electron chi connectivity index (χ0n) is 18.5. The molecule has 31 heavy (non-hydrogen) atoms. The van der Waals surface area contributed by atoms with Gasteiger partial charge in [-0.2, -0.15) is 0 Å². The summed E-state index contributed by atoms with van der Waals surface area (Å²) in [5.74, 6) is 0.241. The van der Waals surface area contributed by atoms with Crippen LogP contribution in [0.5, 0.6) is 0 Å². The lowest BCUT2D eigenvalue weighted by Crippen LogP contribution is -2.41. The monoisotopic (exact) mass is 547 g/mol. The van der Waals surface area contributed by atoms with Crippen LogP contribution < -0.4 is 16.0 Å². The van der Waals surface area contributed by atoms with Crippen molar-refractivity contribution in [3.05, 3.63) is 35.1 Å². The van der Waals surface area contributed by atoms with Crippen LogP contribution in [0.4, 0.5) is 4.39 Å². The summed E-state index contributed by atoms with van der Waals surface area (Å²) in [4.78, 5) is 30.6. The van der Waals surface area contributed by atoms with Crippen LogP contribution >= 0.6 is 24.0 Å². The lowest BCUT2D eigenvalue weighted by atomic mass is 10.1. The summed E-state index contributed by atoms with van der Waals surface area (Å²) in [6.07, 6.45) is 4.69. The highest BCUT2D eigenvalue weighted by Gasteiger charge is 2.15. The Morgan fingerprint density at radius 3 is 2.68 bits per heavy atom. The molecule has 0 spiro atoms. The average molecular weight is 547 g/mol. The first-order chi connectivity index (χ1) is 14.5. The fraction of sp³-hybridized carbons (Fsp3) is 0.591. The van der Waals surface area contributed by atoms with E-state index >= 15 is 0 Å². The number of aryl methyl sites for hydroxylation is 1. The van der Waals surface area contributed by atoms with Crippen molar-refractivity contribution in [3.8, 4) is 0 Å². The van der Waals surface area contributed by atoms with Gasteiger partial charge in [-0.1, -0.05) is 12.5 Å². The van der Waals surface area contributed by atoms with Gasteiger partial charge < -0.3 is 20.9 Å². The molecule has 0 atom stereocenters. The van der Waals surface area contributed by atoms with Crippen LogP contribution in [0.2, 0.25) is 0 Å². The SMILES string of the molecule is CCNC(=NCCCN1CCCCCC1=O)NCCNC(=O)c1ccc(C)c(F)c1.I. The Bertz CT molecular complexity index is 745. The van der Waals surface area contributed by atoms with Gasteiger partial charge in [0.1, 0.15) is 5.82 Å². The standard InChI is InChI=1S/C22H34FN5O2.HI/c1-3-24-22(26-11-7-15-28-14-6-4-5-8-20(28)29)27-13-12-25-21(30)18-10-9-17(2)19(23)16-18;/h9-10,16H,3-8,11-15H2,1-2H3,(H,25,30)(H2,24,26,27);1H. The van der Waals surface area contributed by atoms with Crippen LogP contribution in [0.15, 0.2) is 23.2 Å². The Morgan fingerprint density at radius 2 is 1.94 bits per heavy atom. The van der Waals surface area contributed by atoms with Crippen molar-refractivity contribution in [1.82, 2.24) is 20.9 Å². The Labute approximate surface area is 201 Å². The lowest BCUT2D eigenvalue weighted by Gasteiger charge is -2.20. The number of nitrogens with one attached hydrogen (secondary N) is 3. The first-order valence-corrected chi connectivity index (χ1v) is 10.9. The van der Waals surface area contributed by atoms with Crippen LogP contribution in [-0.4, -0.2) is 61.9 Å². The quantitative estimate of drug-likeness (QED) is 0.192. The van der Waals surface area contributed by atoms with Crippen LogP contribution in [-0.2, 0) is 4.79 Å². The van der Waals surface area contributed by atoms with E-state index < -0.39 is 0 Å². The molecule has 1 aliphatic heterocycles. The van der Waals surface area contributed by atoms with Gasteiger partial charge >= 0.3 is 0 Å². The highest BCUT2D eigenvalue weighted by atomic mass is 127. The van der Waals surface area contributed by atoms with Gasteiger partial charge in [0.15, 0.2) is 5.96 Å². The molecule has 0 aliphatic carbocycles. The third-order valence-corrected chi connectivity index (χ3v) is 5.01. The molecule has 2 rings (SSSR count). The van der Waals surface area contributed by atoms with Gasteiger partial charge in [0.2, 0.25) is 5.91 Å². The molecule has 0 radical (unpaired) electrons. The van der Waals surface area contributed by atoms with Crippen LogP contribution in [0.25, 0.3) is 0 Å². The zero-order valence-corrected chi connectivity index (χ0v) is 20.8. The van der Waals surface area contributed by atoms with Crippen LogP contribution in [0.3, 0.4) is 0 Å². The Morgan fingerprint density at radius 1 is 1.16 bits per heavy atom. The Kier molecular flexibility index (Phi) is 13.1. The van der Waals surface area contributed by atoms with E-state index in [4.69, 9.17) is 0 Å². The van der Waals surface area contributed by atoms with E-state index in [1.54, 1.807) is 19.1 Å². The molecule has 1 aromatic carbocycles. The summed E-state index contributed by atoms with van der Waals surface area (Å²) in [6, 6.07) is 4.46. The molecule has 3 N–H and O–H groups in total. The predicted molar refractivity (Wildman–Crippen MR) is 133 cm³/mol. The number of aliphatic imine (C=N–C) groups is 1. The molecule has 9 heteroatoms. The summed E-state index contributed by atoms with van der Waals surface area (Å²) in [5.41, 5.74) is 0.821. The number of rotatable bonds is 9. The minimum Gasteiger partial charge on any atom is -0.357 e. The number of carbonyl (C=O) groups is 2. The van der Waals surface area contributed by atoms with Gasteiger partial charge in [-0.05, 0) is 50.8 Å². The number of likely N-dealkylation sites (tertiary alicyclic amines) is 1. The molecule has 0 bridgehead atoms. The third kappa shape index (κ3) is 9.84. The number of carbonyl (C=O) groups excluding carboxylic acids is 2. The number of guanidine groups is 1. The molecule has 7 nitrogen and oxygen atoms in total. The summed E-state index contributed by atoms with van der Waals surface area (Å²) in [7, 11) is 0. The van der Waals surface area contributed by atoms with Crippen LogP contribution in [0.1, 0.15) is 54.9 Å². The number of hydrogen-bond donors (Lipinski definition) is 3. The molecule has 1 aromatic rings. The number of halogens is 2. The summed E-state index contributed by atoms with van der Waals surface area (Å²) >= 11 is 0. The maximum Gasteiger partial charge on any atom is 0.251 e. The number of benzene rings is 1. The molecule has 1 aliphatic rings. The van der Waals surface area contributed by atoms with E-state index in [1.807, 2.05) is 11.8 Å². The second-order valence-electron chi connectivity index (χ2n) is 7.45. The van der Waals surface area contributed by atoms with E-state index in [-0.39, 0.29) is 41.6 Å². The van der Waals surface area contributed by atoms with Crippen molar-refractivity contribution < 1.29 is 14.0 Å². The zero-order chi connectivity index (χ0) is 21.8. The topological polar surface area (TPSA) is 85.8 Å². The summed E-state index contributed by atoms with van der Waals surface area (Å²) in [6.45, 7) is 7.47. The number of amides is 2. The molecule has 0 unspecified atom stereocenters. The molecule has 2 amide bonds. The van der Waals surface area contributed by atoms with Crippen molar-refractivity contribution >= 4 is 41.8 Å². The van der Waals surface area contributed by atoms with E-state index in [9.17, 15) is 14.0 Å². The number of hydrogen-bond acceptors (Lipinski definition) is 3. The average Bonchev–Trinajstić information content (AvgIpc) is 2.94. The molecular formula is C22H35FIN5O2. The molecule has 1 saturated heterocycles. The smallest absolute Gasteiger partial charge is 0.251 e. The van der Waals surface area contributed by atoms with Crippen molar-refractivity contribution in [2.45, 2.75) is 46.0 Å². The summed E-state index contributed by atoms with van der Waals surface area (Å²) < 4.78 is 13.6. The molecular weight excluding hydrogens is 512 g/mol. The highest BCUT2D eigenvalue weighted by molar-refractivity contribution is 14.0. The fourth-order valence-electron chi connectivity index (χ4n) is 3.26. The lowest BCUT2D eigenvalue weighted by molar-refractivity contribution is -0.130. The van der Waals surface area contributed by atoms with E-state index in [1.165, 1.54) is 6.07 Å². The minimum absolute atomic E-state index is 0. The largest absolute Gasteiger partial charge is 0.357 e. The van der Waals surface area contributed by atoms with Crippen molar-refractivity contribution in [2.75, 3.05) is 39.3 Å². The van der Waals surface area contributed by atoms with E-state index in [0.29, 0.717) is 43.1 Å². The van der Waals surface area contributed by atoms with Gasteiger partial charge in [0.25, 0.3) is 5.91 Å². The van der Waals surface area contributed by atoms with Gasteiger partial charge in [0.05, 0.1) is 0 Å². The van der Waals surface area contributed by atoms with Gasteiger partial charge in [0, 0.05) is 51.3 Å². The predicted octanol–water partition coefficient (Wildman–Crippen LogP) is 2.83. The highest BCUT2D eigenvalue weighted by Crippen LogP contribution is 2.11. The van der Waals surface area contributed by atoms with E-state index in [2.05, 4.69) is 20.9 Å². The molecule has 174 valence electrons. The van der Waals surface area contributed by atoms with Gasteiger partial charge in [-0.25, -0.2) is 4.39 Å². The molecule has 1 fully saturated rings. The molecule has 1 heterocycles. The maximum absolute atomic E-state index is 13.6. The second-order valence-corrected chi connectivity index (χ2v) is 7.45. The molecule has 0 saturated carbocycles. The number of nitrogens with zero attached hydrogens (tertiary/aromatic N) is 2. The maximum atomic E-state index is 13.6. The minimum atomic E-state index is -0.385. The van der Waals surface area contributed by atoms with Gasteiger partial charge in [-0.15, -0.1) is 24.0 Å². The third-order valence-electron chi connectivity index (χ3n) is 5.01. The van der Waals surface area contributed by atoms with Crippen molar-refractivity contribution in [1.29, 1.82) is 0 Å². The molecule has 0 aromatic heterocycles. The Hall–Kier alpha value is -1.91.